The van der Waals surface area contributed by atoms with Crippen LogP contribution in [0, 0.1) is 0 Å². The Bertz CT molecular complexity index is 997. The number of hydrogen-bond acceptors (Lipinski definition) is 3. The zero-order valence-electron chi connectivity index (χ0n) is 15.3. The molecular weight excluding hydrogens is 475 g/mol. The third kappa shape index (κ3) is 6.64. The summed E-state index contributed by atoms with van der Waals surface area (Å²) < 4.78 is 11.9. The summed E-state index contributed by atoms with van der Waals surface area (Å²) in [5.41, 5.74) is 2.52. The highest BCUT2D eigenvalue weighted by Gasteiger charge is 2.06. The van der Waals surface area contributed by atoms with Crippen molar-refractivity contribution in [1.29, 1.82) is 0 Å². The van der Waals surface area contributed by atoms with Gasteiger partial charge in [0, 0.05) is 26.2 Å². The smallest absolute Gasteiger partial charge is 0.331 e. The van der Waals surface area contributed by atoms with Crippen LogP contribution in [0.2, 0.25) is 10.0 Å². The van der Waals surface area contributed by atoms with E-state index < -0.39 is 5.97 Å². The molecule has 0 saturated heterocycles. The van der Waals surface area contributed by atoms with E-state index in [1.165, 1.54) is 6.08 Å². The van der Waals surface area contributed by atoms with Crippen LogP contribution in [-0.4, -0.2) is 5.97 Å². The van der Waals surface area contributed by atoms with Gasteiger partial charge in [-0.25, -0.2) is 4.79 Å². The number of halogens is 3. The zero-order valence-corrected chi connectivity index (χ0v) is 18.4. The maximum atomic E-state index is 11.9. The van der Waals surface area contributed by atoms with Crippen molar-refractivity contribution < 1.29 is 14.3 Å². The van der Waals surface area contributed by atoms with Gasteiger partial charge in [-0.15, -0.1) is 0 Å². The Morgan fingerprint density at radius 1 is 0.931 bits per heavy atom. The number of ether oxygens (including phenoxy) is 2. The highest BCUT2D eigenvalue weighted by Crippen LogP contribution is 2.26. The number of carbonyl (C=O) groups is 1. The molecule has 0 bridgehead atoms. The largest absolute Gasteiger partial charge is 0.489 e. The fraction of sp³-hybridized carbons (Fsp3) is 0.0870. The number of benzene rings is 3. The Morgan fingerprint density at radius 3 is 2.31 bits per heavy atom. The number of carbonyl (C=O) groups excluding carboxylic acids is 1. The predicted molar refractivity (Wildman–Crippen MR) is 120 cm³/mol. The molecule has 3 aromatic rings. The molecule has 3 nitrogen and oxygen atoms in total. The van der Waals surface area contributed by atoms with Crippen LogP contribution in [0.1, 0.15) is 16.7 Å². The van der Waals surface area contributed by atoms with Crippen molar-refractivity contribution in [2.75, 3.05) is 0 Å². The van der Waals surface area contributed by atoms with Gasteiger partial charge in [-0.1, -0.05) is 69.5 Å². The van der Waals surface area contributed by atoms with E-state index in [1.54, 1.807) is 24.3 Å². The van der Waals surface area contributed by atoms with Crippen molar-refractivity contribution in [3.63, 3.8) is 0 Å². The summed E-state index contributed by atoms with van der Waals surface area (Å²) >= 11 is 15.7. The van der Waals surface area contributed by atoms with Crippen LogP contribution in [0.15, 0.2) is 77.3 Å². The molecule has 0 amide bonds. The van der Waals surface area contributed by atoms with E-state index in [9.17, 15) is 4.79 Å². The lowest BCUT2D eigenvalue weighted by molar-refractivity contribution is -0.138. The second-order valence-electron chi connectivity index (χ2n) is 6.13. The van der Waals surface area contributed by atoms with Crippen molar-refractivity contribution in [2.45, 2.75) is 13.2 Å². The molecule has 0 radical (unpaired) electrons. The maximum Gasteiger partial charge on any atom is 0.331 e. The monoisotopic (exact) mass is 490 g/mol. The van der Waals surface area contributed by atoms with Crippen LogP contribution >= 0.6 is 39.1 Å². The van der Waals surface area contributed by atoms with E-state index in [2.05, 4.69) is 15.9 Å². The summed E-state index contributed by atoms with van der Waals surface area (Å²) in [6.07, 6.45) is 3.09. The predicted octanol–water partition coefficient (Wildman–Crippen LogP) is 7.09. The maximum absolute atomic E-state index is 11.9. The third-order valence-electron chi connectivity index (χ3n) is 4.01. The van der Waals surface area contributed by atoms with Crippen molar-refractivity contribution in [3.8, 4) is 5.75 Å². The third-order valence-corrected chi connectivity index (χ3v) is 5.21. The summed E-state index contributed by atoms with van der Waals surface area (Å²) in [6.45, 7) is 0.496. The SMILES string of the molecule is O=C(/C=C/c1ccc(OCc2c(Cl)cccc2Cl)cc1)OCc1cccc(Br)c1. The lowest BCUT2D eigenvalue weighted by atomic mass is 10.2. The Morgan fingerprint density at radius 2 is 1.62 bits per heavy atom. The van der Waals surface area contributed by atoms with Gasteiger partial charge in [0.05, 0.1) is 0 Å². The number of esters is 1. The zero-order chi connectivity index (χ0) is 20.6. The van der Waals surface area contributed by atoms with E-state index in [0.717, 1.165) is 21.2 Å². The molecule has 0 N–H and O–H groups in total. The molecule has 3 aromatic carbocycles. The second-order valence-corrected chi connectivity index (χ2v) is 7.86. The minimum absolute atomic E-state index is 0.222. The van der Waals surface area contributed by atoms with Crippen LogP contribution in [-0.2, 0) is 22.7 Å². The Labute approximate surface area is 188 Å². The second kappa shape index (κ2) is 10.5. The highest BCUT2D eigenvalue weighted by molar-refractivity contribution is 9.10. The van der Waals surface area contributed by atoms with Gasteiger partial charge in [0.1, 0.15) is 19.0 Å². The molecule has 148 valence electrons. The van der Waals surface area contributed by atoms with Crippen LogP contribution in [0.3, 0.4) is 0 Å². The summed E-state index contributed by atoms with van der Waals surface area (Å²) in [5.74, 6) is 0.272. The van der Waals surface area contributed by atoms with Gasteiger partial charge in [0.2, 0.25) is 0 Å². The molecule has 0 heterocycles. The molecule has 0 fully saturated rings. The summed E-state index contributed by atoms with van der Waals surface area (Å²) in [7, 11) is 0. The van der Waals surface area contributed by atoms with E-state index >= 15 is 0 Å². The van der Waals surface area contributed by atoms with Crippen LogP contribution < -0.4 is 4.74 Å². The molecule has 0 aliphatic heterocycles. The minimum atomic E-state index is -0.404. The molecule has 0 unspecified atom stereocenters. The van der Waals surface area contributed by atoms with E-state index in [-0.39, 0.29) is 13.2 Å². The highest BCUT2D eigenvalue weighted by atomic mass is 79.9. The molecule has 0 aliphatic rings. The van der Waals surface area contributed by atoms with Crippen LogP contribution in [0.4, 0.5) is 0 Å². The molecular formula is C23H17BrCl2O3. The molecule has 0 atom stereocenters. The first-order chi connectivity index (χ1) is 14.0. The molecule has 0 saturated carbocycles. The van der Waals surface area contributed by atoms with Gasteiger partial charge in [-0.2, -0.15) is 0 Å². The standard InChI is InChI=1S/C23H17BrCl2O3/c24-18-4-1-3-17(13-18)14-29-23(27)12-9-16-7-10-19(11-8-16)28-15-20-21(25)5-2-6-22(20)26/h1-13H,14-15H2/b12-9+. The molecule has 29 heavy (non-hydrogen) atoms. The molecule has 3 rings (SSSR count). The van der Waals surface area contributed by atoms with Crippen molar-refractivity contribution in [3.05, 3.63) is 104 Å². The summed E-state index contributed by atoms with van der Waals surface area (Å²) in [6, 6.07) is 20.3. The Balaban J connectivity index is 1.51. The summed E-state index contributed by atoms with van der Waals surface area (Å²) in [4.78, 5) is 11.9. The average molecular weight is 492 g/mol. The normalized spacial score (nSPS) is 10.9. The van der Waals surface area contributed by atoms with Gasteiger partial charge in [0.15, 0.2) is 0 Å². The Hall–Kier alpha value is -2.27. The molecule has 0 aromatic heterocycles. The average Bonchev–Trinajstić information content (AvgIpc) is 2.71. The number of rotatable bonds is 7. The summed E-state index contributed by atoms with van der Waals surface area (Å²) in [5, 5.41) is 1.14. The fourth-order valence-corrected chi connectivity index (χ4v) is 3.45. The van der Waals surface area contributed by atoms with E-state index in [4.69, 9.17) is 32.7 Å². The van der Waals surface area contributed by atoms with Gasteiger partial charge < -0.3 is 9.47 Å². The fourth-order valence-electron chi connectivity index (χ4n) is 2.49. The Kier molecular flexibility index (Phi) is 7.76. The van der Waals surface area contributed by atoms with Gasteiger partial charge in [-0.3, -0.25) is 0 Å². The first-order valence-electron chi connectivity index (χ1n) is 8.76. The first kappa shape index (κ1) is 21.4. The van der Waals surface area contributed by atoms with Crippen LogP contribution in [0.25, 0.3) is 6.08 Å². The molecule has 6 heteroatoms. The van der Waals surface area contributed by atoms with Gasteiger partial charge in [-0.05, 0) is 53.6 Å². The van der Waals surface area contributed by atoms with Crippen LogP contribution in [0.5, 0.6) is 5.75 Å². The molecule has 0 spiro atoms. The number of hydrogen-bond donors (Lipinski definition) is 0. The first-order valence-corrected chi connectivity index (χ1v) is 10.3. The van der Waals surface area contributed by atoms with Crippen molar-refractivity contribution >= 4 is 51.2 Å². The van der Waals surface area contributed by atoms with Crippen molar-refractivity contribution in [2.24, 2.45) is 0 Å². The lowest BCUT2D eigenvalue weighted by Gasteiger charge is -2.09. The van der Waals surface area contributed by atoms with E-state index in [0.29, 0.717) is 15.8 Å². The quantitative estimate of drug-likeness (QED) is 0.261. The van der Waals surface area contributed by atoms with Gasteiger partial charge in [0.25, 0.3) is 0 Å². The lowest BCUT2D eigenvalue weighted by Crippen LogP contribution is -2.00. The van der Waals surface area contributed by atoms with E-state index in [1.807, 2.05) is 48.5 Å². The van der Waals surface area contributed by atoms with Crippen molar-refractivity contribution in [1.82, 2.24) is 0 Å². The molecule has 0 aliphatic carbocycles. The topological polar surface area (TPSA) is 35.5 Å². The minimum Gasteiger partial charge on any atom is -0.489 e. The van der Waals surface area contributed by atoms with Gasteiger partial charge >= 0.3 is 5.97 Å².